The van der Waals surface area contributed by atoms with Crippen molar-refractivity contribution in [3.63, 3.8) is 0 Å². The molecule has 96 valence electrons. The van der Waals surface area contributed by atoms with Crippen molar-refractivity contribution in [3.8, 4) is 0 Å². The third-order valence-corrected chi connectivity index (χ3v) is 2.97. The summed E-state index contributed by atoms with van der Waals surface area (Å²) < 4.78 is 0. The van der Waals surface area contributed by atoms with E-state index in [1.54, 1.807) is 9.80 Å². The molecule has 1 rings (SSSR count). The summed E-state index contributed by atoms with van der Waals surface area (Å²) in [7, 11) is 0. The van der Waals surface area contributed by atoms with Gasteiger partial charge in [-0.25, -0.2) is 9.59 Å². The Balaban J connectivity index is 3.32. The first-order valence-corrected chi connectivity index (χ1v) is 5.73. The van der Waals surface area contributed by atoms with E-state index in [-0.39, 0.29) is 17.6 Å². The molecule has 0 radical (unpaired) electrons. The Hall–Kier alpha value is -1.72. The fourth-order valence-electron chi connectivity index (χ4n) is 2.37. The van der Waals surface area contributed by atoms with Crippen LogP contribution < -0.4 is 0 Å². The second-order valence-electron chi connectivity index (χ2n) is 3.77. The van der Waals surface area contributed by atoms with E-state index >= 15 is 0 Å². The summed E-state index contributed by atoms with van der Waals surface area (Å²) in [6.45, 7) is 6.52. The Labute approximate surface area is 100 Å². The normalized spacial score (nSPS) is 16.9. The highest BCUT2D eigenvalue weighted by Crippen LogP contribution is 2.30. The molecular weight excluding hydrogens is 224 g/mol. The lowest BCUT2D eigenvalue weighted by atomic mass is 10.3. The second-order valence-corrected chi connectivity index (χ2v) is 3.77. The van der Waals surface area contributed by atoms with E-state index in [9.17, 15) is 19.8 Å². The van der Waals surface area contributed by atoms with E-state index in [1.807, 2.05) is 20.8 Å². The molecule has 0 atom stereocenters. The van der Waals surface area contributed by atoms with Crippen molar-refractivity contribution in [2.75, 3.05) is 13.1 Å². The Morgan fingerprint density at radius 2 is 1.35 bits per heavy atom. The number of hydrogen-bond donors (Lipinski definition) is 2. The quantitative estimate of drug-likeness (QED) is 0.740. The van der Waals surface area contributed by atoms with Gasteiger partial charge in [0.1, 0.15) is 6.17 Å². The number of likely N-dealkylation sites (N-methyl/N-ethyl adjacent to an activating group) is 2. The van der Waals surface area contributed by atoms with E-state index in [2.05, 4.69) is 0 Å². The van der Waals surface area contributed by atoms with Gasteiger partial charge in [-0.05, 0) is 20.3 Å². The zero-order chi connectivity index (χ0) is 13.2. The molecule has 0 spiro atoms. The number of rotatable bonds is 5. The highest BCUT2D eigenvalue weighted by Gasteiger charge is 2.41. The van der Waals surface area contributed by atoms with Gasteiger partial charge in [0.25, 0.3) is 0 Å². The Morgan fingerprint density at radius 1 is 1.00 bits per heavy atom. The molecule has 0 amide bonds. The van der Waals surface area contributed by atoms with Crippen LogP contribution in [0.5, 0.6) is 0 Å². The molecule has 0 bridgehead atoms. The van der Waals surface area contributed by atoms with Crippen molar-refractivity contribution in [3.05, 3.63) is 11.4 Å². The predicted octanol–water partition coefficient (Wildman–Crippen LogP) is 0.761. The fraction of sp³-hybridized carbons (Fsp3) is 0.636. The molecule has 0 aliphatic carbocycles. The van der Waals surface area contributed by atoms with E-state index in [1.165, 1.54) is 0 Å². The lowest BCUT2D eigenvalue weighted by molar-refractivity contribution is -0.137. The Morgan fingerprint density at radius 3 is 1.53 bits per heavy atom. The molecule has 0 aromatic heterocycles. The third-order valence-electron chi connectivity index (χ3n) is 2.97. The van der Waals surface area contributed by atoms with E-state index in [0.29, 0.717) is 19.5 Å². The Kier molecular flexibility index (Phi) is 3.98. The average molecular weight is 242 g/mol. The van der Waals surface area contributed by atoms with Crippen LogP contribution in [0.3, 0.4) is 0 Å². The van der Waals surface area contributed by atoms with Gasteiger partial charge in [0.05, 0.1) is 0 Å². The number of carboxylic acids is 2. The van der Waals surface area contributed by atoms with Crippen LogP contribution in [0.25, 0.3) is 0 Å². The zero-order valence-electron chi connectivity index (χ0n) is 10.3. The summed E-state index contributed by atoms with van der Waals surface area (Å²) in [4.78, 5) is 25.7. The van der Waals surface area contributed by atoms with Crippen LogP contribution in [-0.4, -0.2) is 51.2 Å². The SMILES string of the molecule is CCC1N(CC)C(C(=O)O)=C(C(=O)O)N1CC. The maximum atomic E-state index is 11.2. The first kappa shape index (κ1) is 13.3. The number of carboxylic acid groups (broad SMARTS) is 2. The average Bonchev–Trinajstić information content (AvgIpc) is 2.61. The summed E-state index contributed by atoms with van der Waals surface area (Å²) in [5, 5.41) is 18.3. The number of hydrogen-bond acceptors (Lipinski definition) is 4. The highest BCUT2D eigenvalue weighted by atomic mass is 16.4. The van der Waals surface area contributed by atoms with Gasteiger partial charge in [-0.1, -0.05) is 6.92 Å². The summed E-state index contributed by atoms with van der Waals surface area (Å²) in [5.41, 5.74) is -0.206. The van der Waals surface area contributed by atoms with Crippen molar-refractivity contribution >= 4 is 11.9 Å². The molecule has 1 aliphatic rings. The maximum Gasteiger partial charge on any atom is 0.354 e. The number of nitrogens with zero attached hydrogens (tertiary/aromatic N) is 2. The molecular formula is C11H18N2O4. The molecule has 0 fully saturated rings. The van der Waals surface area contributed by atoms with Gasteiger partial charge < -0.3 is 20.0 Å². The predicted molar refractivity (Wildman–Crippen MR) is 61.1 cm³/mol. The molecule has 1 heterocycles. The summed E-state index contributed by atoms with van der Waals surface area (Å²) >= 11 is 0. The van der Waals surface area contributed by atoms with Crippen molar-refractivity contribution in [1.29, 1.82) is 0 Å². The van der Waals surface area contributed by atoms with Crippen LogP contribution in [0.4, 0.5) is 0 Å². The van der Waals surface area contributed by atoms with Gasteiger partial charge in [0.15, 0.2) is 11.4 Å². The van der Waals surface area contributed by atoms with E-state index in [4.69, 9.17) is 0 Å². The van der Waals surface area contributed by atoms with Crippen LogP contribution in [0, 0.1) is 0 Å². The van der Waals surface area contributed by atoms with Gasteiger partial charge in [-0.3, -0.25) is 0 Å². The van der Waals surface area contributed by atoms with Crippen molar-refractivity contribution < 1.29 is 19.8 Å². The summed E-state index contributed by atoms with van der Waals surface area (Å²) in [5.74, 6) is -2.36. The molecule has 0 saturated heterocycles. The van der Waals surface area contributed by atoms with E-state index < -0.39 is 11.9 Å². The minimum absolute atomic E-state index is 0.103. The van der Waals surface area contributed by atoms with Crippen molar-refractivity contribution in [2.24, 2.45) is 0 Å². The van der Waals surface area contributed by atoms with Crippen molar-refractivity contribution in [2.45, 2.75) is 33.4 Å². The summed E-state index contributed by atoms with van der Waals surface area (Å²) in [6.07, 6.45) is 0.497. The molecule has 6 heteroatoms. The standard InChI is InChI=1S/C11H18N2O4/c1-4-7-12(5-2)8(10(14)15)9(11(16)17)13(7)6-3/h7H,4-6H2,1-3H3,(H,14,15)(H,16,17). The van der Waals surface area contributed by atoms with Crippen LogP contribution >= 0.6 is 0 Å². The third kappa shape index (κ3) is 2.07. The molecule has 6 nitrogen and oxygen atoms in total. The first-order chi connectivity index (χ1) is 7.99. The van der Waals surface area contributed by atoms with Gasteiger partial charge in [-0.15, -0.1) is 0 Å². The maximum absolute atomic E-state index is 11.2. The number of carbonyl (C=O) groups is 2. The topological polar surface area (TPSA) is 81.1 Å². The lowest BCUT2D eigenvalue weighted by Gasteiger charge is -2.31. The molecule has 0 aromatic carbocycles. The highest BCUT2D eigenvalue weighted by molar-refractivity contribution is 5.98. The van der Waals surface area contributed by atoms with Crippen LogP contribution in [0.1, 0.15) is 27.2 Å². The van der Waals surface area contributed by atoms with Crippen molar-refractivity contribution in [1.82, 2.24) is 9.80 Å². The fourth-order valence-corrected chi connectivity index (χ4v) is 2.37. The zero-order valence-corrected chi connectivity index (χ0v) is 10.3. The molecule has 0 saturated carbocycles. The largest absolute Gasteiger partial charge is 0.477 e. The Bertz CT molecular complexity index is 332. The van der Waals surface area contributed by atoms with E-state index in [0.717, 1.165) is 0 Å². The van der Waals surface area contributed by atoms with Gasteiger partial charge in [-0.2, -0.15) is 0 Å². The monoisotopic (exact) mass is 242 g/mol. The van der Waals surface area contributed by atoms with Crippen LogP contribution in [-0.2, 0) is 9.59 Å². The first-order valence-electron chi connectivity index (χ1n) is 5.73. The molecule has 1 aliphatic heterocycles. The molecule has 0 unspecified atom stereocenters. The minimum atomic E-state index is -1.18. The molecule has 2 N–H and O–H groups in total. The van der Waals surface area contributed by atoms with Gasteiger partial charge in [0.2, 0.25) is 0 Å². The summed E-state index contributed by atoms with van der Waals surface area (Å²) in [6, 6.07) is 0. The lowest BCUT2D eigenvalue weighted by Crippen LogP contribution is -2.41. The molecule has 0 aromatic rings. The minimum Gasteiger partial charge on any atom is -0.477 e. The molecule has 17 heavy (non-hydrogen) atoms. The smallest absolute Gasteiger partial charge is 0.354 e. The van der Waals surface area contributed by atoms with Gasteiger partial charge >= 0.3 is 11.9 Å². The number of aliphatic carboxylic acids is 2. The van der Waals surface area contributed by atoms with Crippen LogP contribution in [0.2, 0.25) is 0 Å². The van der Waals surface area contributed by atoms with Gasteiger partial charge in [0, 0.05) is 13.1 Å². The van der Waals surface area contributed by atoms with Crippen LogP contribution in [0.15, 0.2) is 11.4 Å². The second kappa shape index (κ2) is 5.07.